The SMILES string of the molecule is Cc1ccccc1OCCOC(=O)/C=C/c1ccc(Cl)c([N+](=O)[O-])c1. The smallest absolute Gasteiger partial charge is 0.330 e. The summed E-state index contributed by atoms with van der Waals surface area (Å²) >= 11 is 5.73. The summed E-state index contributed by atoms with van der Waals surface area (Å²) in [5.74, 6) is 0.175. The average molecular weight is 362 g/mol. The minimum atomic E-state index is -0.582. The summed E-state index contributed by atoms with van der Waals surface area (Å²) in [7, 11) is 0. The van der Waals surface area contributed by atoms with Crippen LogP contribution >= 0.6 is 11.6 Å². The maximum atomic E-state index is 11.7. The van der Waals surface area contributed by atoms with Crippen LogP contribution in [0.5, 0.6) is 5.75 Å². The van der Waals surface area contributed by atoms with Crippen molar-refractivity contribution in [2.75, 3.05) is 13.2 Å². The van der Waals surface area contributed by atoms with Crippen LogP contribution in [0.3, 0.4) is 0 Å². The first kappa shape index (κ1) is 18.5. The van der Waals surface area contributed by atoms with E-state index in [4.69, 9.17) is 21.1 Å². The second-order valence-electron chi connectivity index (χ2n) is 5.08. The fraction of sp³-hybridized carbons (Fsp3) is 0.167. The number of nitro groups is 1. The van der Waals surface area contributed by atoms with Gasteiger partial charge in [0.15, 0.2) is 0 Å². The summed E-state index contributed by atoms with van der Waals surface area (Å²) in [5, 5.41) is 10.9. The van der Waals surface area contributed by atoms with Crippen molar-refractivity contribution in [3.63, 3.8) is 0 Å². The second kappa shape index (κ2) is 8.84. The number of halogens is 1. The van der Waals surface area contributed by atoms with Crippen molar-refractivity contribution in [2.45, 2.75) is 6.92 Å². The van der Waals surface area contributed by atoms with Crippen molar-refractivity contribution in [1.82, 2.24) is 0 Å². The van der Waals surface area contributed by atoms with Crippen LogP contribution in [0.1, 0.15) is 11.1 Å². The molecule has 0 bridgehead atoms. The Hall–Kier alpha value is -2.86. The van der Waals surface area contributed by atoms with Crippen molar-refractivity contribution in [3.05, 3.63) is 74.8 Å². The third-order valence-electron chi connectivity index (χ3n) is 3.26. The van der Waals surface area contributed by atoms with Crippen LogP contribution in [0.25, 0.3) is 6.08 Å². The predicted octanol–water partition coefficient (Wildman–Crippen LogP) is 4.19. The van der Waals surface area contributed by atoms with Gasteiger partial charge in [-0.2, -0.15) is 0 Å². The van der Waals surface area contributed by atoms with Crippen molar-refractivity contribution >= 4 is 29.3 Å². The first-order chi connectivity index (χ1) is 12.0. The molecule has 0 amide bonds. The van der Waals surface area contributed by atoms with E-state index in [0.717, 1.165) is 11.3 Å². The summed E-state index contributed by atoms with van der Waals surface area (Å²) < 4.78 is 10.5. The third kappa shape index (κ3) is 5.61. The maximum absolute atomic E-state index is 11.7. The molecule has 2 rings (SSSR count). The van der Waals surface area contributed by atoms with E-state index in [1.165, 1.54) is 24.3 Å². The molecule has 0 aliphatic heterocycles. The lowest BCUT2D eigenvalue weighted by Crippen LogP contribution is -2.10. The number of rotatable bonds is 7. The van der Waals surface area contributed by atoms with Gasteiger partial charge in [0.1, 0.15) is 24.0 Å². The molecule has 2 aromatic rings. The summed E-state index contributed by atoms with van der Waals surface area (Å²) in [4.78, 5) is 21.9. The molecule has 0 saturated carbocycles. The van der Waals surface area contributed by atoms with Crippen molar-refractivity contribution in [1.29, 1.82) is 0 Å². The van der Waals surface area contributed by atoms with Gasteiger partial charge >= 0.3 is 5.97 Å². The number of nitrogens with zero attached hydrogens (tertiary/aromatic N) is 1. The van der Waals surface area contributed by atoms with Crippen LogP contribution in [0, 0.1) is 17.0 Å². The van der Waals surface area contributed by atoms with Gasteiger partial charge in [-0.3, -0.25) is 10.1 Å². The highest BCUT2D eigenvalue weighted by Gasteiger charge is 2.11. The average Bonchev–Trinajstić information content (AvgIpc) is 2.59. The maximum Gasteiger partial charge on any atom is 0.330 e. The Morgan fingerprint density at radius 2 is 2.00 bits per heavy atom. The van der Waals surface area contributed by atoms with Crippen molar-refractivity contribution < 1.29 is 19.2 Å². The first-order valence-electron chi connectivity index (χ1n) is 7.44. The Morgan fingerprint density at radius 3 is 2.72 bits per heavy atom. The predicted molar refractivity (Wildman–Crippen MR) is 94.8 cm³/mol. The lowest BCUT2D eigenvalue weighted by atomic mass is 10.2. The summed E-state index contributed by atoms with van der Waals surface area (Å²) in [6.45, 7) is 2.25. The van der Waals surface area contributed by atoms with Crippen molar-refractivity contribution in [3.8, 4) is 5.75 Å². The zero-order valence-electron chi connectivity index (χ0n) is 13.5. The molecule has 0 unspecified atom stereocenters. The van der Waals surface area contributed by atoms with E-state index in [1.54, 1.807) is 6.07 Å². The van der Waals surface area contributed by atoms with Gasteiger partial charge in [-0.25, -0.2) is 4.79 Å². The molecule has 0 aliphatic rings. The molecule has 0 radical (unpaired) electrons. The van der Waals surface area contributed by atoms with Gasteiger partial charge in [0.2, 0.25) is 0 Å². The Morgan fingerprint density at radius 1 is 1.24 bits per heavy atom. The van der Waals surface area contributed by atoms with Crippen molar-refractivity contribution in [2.24, 2.45) is 0 Å². The molecule has 7 heteroatoms. The van der Waals surface area contributed by atoms with Crippen LogP contribution in [0.2, 0.25) is 5.02 Å². The quantitative estimate of drug-likeness (QED) is 0.243. The molecule has 0 N–H and O–H groups in total. The minimum absolute atomic E-state index is 0.0399. The molecule has 25 heavy (non-hydrogen) atoms. The number of aryl methyl sites for hydroxylation is 1. The van der Waals surface area contributed by atoms with Crippen LogP contribution in [-0.2, 0) is 9.53 Å². The van der Waals surface area contributed by atoms with Crippen LogP contribution < -0.4 is 4.74 Å². The lowest BCUT2D eigenvalue weighted by molar-refractivity contribution is -0.384. The van der Waals surface area contributed by atoms with E-state index in [1.807, 2.05) is 31.2 Å². The van der Waals surface area contributed by atoms with E-state index < -0.39 is 10.9 Å². The Kier molecular flexibility index (Phi) is 6.54. The topological polar surface area (TPSA) is 78.7 Å². The van der Waals surface area contributed by atoms with E-state index in [9.17, 15) is 14.9 Å². The van der Waals surface area contributed by atoms with E-state index in [0.29, 0.717) is 5.56 Å². The normalized spacial score (nSPS) is 10.6. The highest BCUT2D eigenvalue weighted by atomic mass is 35.5. The molecule has 0 aliphatic carbocycles. The van der Waals surface area contributed by atoms with Gasteiger partial charge < -0.3 is 9.47 Å². The summed E-state index contributed by atoms with van der Waals surface area (Å²) in [6, 6.07) is 11.8. The fourth-order valence-electron chi connectivity index (χ4n) is 2.00. The molecule has 2 aromatic carbocycles. The zero-order valence-corrected chi connectivity index (χ0v) is 14.2. The number of carbonyl (C=O) groups excluding carboxylic acids is 1. The lowest BCUT2D eigenvalue weighted by Gasteiger charge is -2.08. The number of hydrogen-bond acceptors (Lipinski definition) is 5. The standard InChI is InChI=1S/C18H16ClNO5/c1-13-4-2-3-5-17(13)24-10-11-25-18(21)9-7-14-6-8-15(19)16(12-14)20(22)23/h2-9,12H,10-11H2,1H3/b9-7+. The number of para-hydroxylation sites is 1. The zero-order chi connectivity index (χ0) is 18.2. The van der Waals surface area contributed by atoms with E-state index >= 15 is 0 Å². The second-order valence-corrected chi connectivity index (χ2v) is 5.49. The fourth-order valence-corrected chi connectivity index (χ4v) is 2.18. The van der Waals surface area contributed by atoms with Crippen LogP contribution in [0.15, 0.2) is 48.5 Å². The molecule has 0 spiro atoms. The molecule has 0 saturated heterocycles. The highest BCUT2D eigenvalue weighted by molar-refractivity contribution is 6.32. The Labute approximate surface area is 149 Å². The molecule has 0 aromatic heterocycles. The molecular formula is C18H16ClNO5. The molecule has 130 valence electrons. The molecular weight excluding hydrogens is 346 g/mol. The molecule has 0 heterocycles. The van der Waals surface area contributed by atoms with E-state index in [2.05, 4.69) is 0 Å². The number of hydrogen-bond donors (Lipinski definition) is 0. The Balaban J connectivity index is 1.82. The number of benzene rings is 2. The number of carbonyl (C=O) groups is 1. The molecule has 6 nitrogen and oxygen atoms in total. The number of ether oxygens (including phenoxy) is 2. The largest absolute Gasteiger partial charge is 0.490 e. The van der Waals surface area contributed by atoms with Gasteiger partial charge in [0, 0.05) is 12.1 Å². The Bertz CT molecular complexity index is 804. The highest BCUT2D eigenvalue weighted by Crippen LogP contribution is 2.25. The van der Waals surface area contributed by atoms with Gasteiger partial charge in [-0.1, -0.05) is 35.9 Å². The number of esters is 1. The molecule has 0 fully saturated rings. The van der Waals surface area contributed by atoms with Crippen LogP contribution in [-0.4, -0.2) is 24.1 Å². The monoisotopic (exact) mass is 361 g/mol. The van der Waals surface area contributed by atoms with Gasteiger partial charge in [-0.15, -0.1) is 0 Å². The van der Waals surface area contributed by atoms with Gasteiger partial charge in [0.05, 0.1) is 4.92 Å². The van der Waals surface area contributed by atoms with Gasteiger partial charge in [-0.05, 0) is 36.3 Å². The first-order valence-corrected chi connectivity index (χ1v) is 7.82. The van der Waals surface area contributed by atoms with Crippen LogP contribution in [0.4, 0.5) is 5.69 Å². The summed E-state index contributed by atoms with van der Waals surface area (Å²) in [6.07, 6.45) is 2.62. The minimum Gasteiger partial charge on any atom is -0.490 e. The third-order valence-corrected chi connectivity index (χ3v) is 3.58. The molecule has 0 atom stereocenters. The number of nitro benzene ring substituents is 1. The summed E-state index contributed by atoms with van der Waals surface area (Å²) in [5.41, 5.74) is 1.26. The van der Waals surface area contributed by atoms with Gasteiger partial charge in [0.25, 0.3) is 5.69 Å². The van der Waals surface area contributed by atoms with E-state index in [-0.39, 0.29) is 23.9 Å².